The summed E-state index contributed by atoms with van der Waals surface area (Å²) in [5.74, 6) is -0.750. The number of carbonyl (C=O) groups excluding carboxylic acids is 3. The lowest BCUT2D eigenvalue weighted by Crippen LogP contribution is -2.56. The van der Waals surface area contributed by atoms with Crippen molar-refractivity contribution in [3.8, 4) is 0 Å². The van der Waals surface area contributed by atoms with Crippen LogP contribution in [0.4, 0.5) is 0 Å². The molecule has 1 rings (SSSR count). The number of hydrogen-bond acceptors (Lipinski definition) is 6. The number of likely N-dealkylation sites (tertiary alicyclic amines) is 1. The van der Waals surface area contributed by atoms with Gasteiger partial charge in [-0.15, -0.1) is 0 Å². The molecule has 1 heterocycles. The van der Waals surface area contributed by atoms with E-state index in [0.29, 0.717) is 26.1 Å². The Morgan fingerprint density at radius 1 is 0.767 bits per heavy atom. The van der Waals surface area contributed by atoms with Crippen molar-refractivity contribution in [3.63, 3.8) is 0 Å². The molecule has 0 aromatic rings. The Bertz CT molecular complexity index is 874. The van der Waals surface area contributed by atoms with E-state index in [2.05, 4.69) is 19.2 Å². The molecule has 8 heteroatoms. The summed E-state index contributed by atoms with van der Waals surface area (Å²) in [5, 5.41) is 3.21. The van der Waals surface area contributed by atoms with Gasteiger partial charge in [0.2, 0.25) is 17.7 Å². The number of nitrogens with one attached hydrogen (secondary N) is 1. The van der Waals surface area contributed by atoms with Gasteiger partial charge in [0.25, 0.3) is 0 Å². The number of imide groups is 1. The zero-order valence-electron chi connectivity index (χ0n) is 31.4. The predicted octanol–water partition coefficient (Wildman–Crippen LogP) is 7.71. The lowest BCUT2D eigenvalue weighted by atomic mass is 9.77. The van der Waals surface area contributed by atoms with E-state index in [-0.39, 0.29) is 41.3 Å². The van der Waals surface area contributed by atoms with E-state index >= 15 is 0 Å². The molecular formula is C35H70N2O6. The maximum atomic E-state index is 13.5. The Morgan fingerprint density at radius 3 is 1.63 bits per heavy atom. The number of carbonyl (C=O) groups is 3. The number of amides is 3. The summed E-state index contributed by atoms with van der Waals surface area (Å²) in [5.41, 5.74) is -3.10. The summed E-state index contributed by atoms with van der Waals surface area (Å²) >= 11 is 0. The van der Waals surface area contributed by atoms with Crippen molar-refractivity contribution in [2.75, 3.05) is 20.3 Å². The van der Waals surface area contributed by atoms with Gasteiger partial charge in [-0.1, -0.05) is 48.5 Å². The first-order chi connectivity index (χ1) is 19.4. The molecule has 1 aliphatic heterocycles. The minimum atomic E-state index is -0.795. The second-order valence-corrected chi connectivity index (χ2v) is 15.2. The number of nitrogens with zero attached hydrogens (tertiary/aromatic N) is 1. The van der Waals surface area contributed by atoms with Gasteiger partial charge < -0.3 is 19.5 Å². The third-order valence-corrected chi connectivity index (χ3v) is 7.73. The quantitative estimate of drug-likeness (QED) is 0.179. The third kappa shape index (κ3) is 15.4. The summed E-state index contributed by atoms with van der Waals surface area (Å²) in [6, 6.07) is 0. The fourth-order valence-corrected chi connectivity index (χ4v) is 5.62. The average Bonchev–Trinajstić information content (AvgIpc) is 3.10. The van der Waals surface area contributed by atoms with Gasteiger partial charge in [-0.05, 0) is 94.9 Å². The zero-order chi connectivity index (χ0) is 34.7. The molecule has 0 aliphatic carbocycles. The van der Waals surface area contributed by atoms with Crippen LogP contribution in [-0.4, -0.2) is 70.8 Å². The standard InChI is InChI=1S/C31H58N2O6.2C2H6/c1-22-19-23(34)33(24(22)35)28(6,7)20-26(2,3)25(36)32-27(4,5)21-31(12,13)39-18-16-30(10,11)38-17-15-29(8,9)37-14;2*1-2/h22H,15-21H2,1-14H3,(H,32,36);2*1-2H3. The normalized spacial score (nSPS) is 16.8. The lowest BCUT2D eigenvalue weighted by Gasteiger charge is -2.42. The van der Waals surface area contributed by atoms with Gasteiger partial charge in [-0.3, -0.25) is 19.3 Å². The molecule has 0 saturated carbocycles. The Morgan fingerprint density at radius 2 is 1.21 bits per heavy atom. The first kappa shape index (κ1) is 43.6. The fourth-order valence-electron chi connectivity index (χ4n) is 5.62. The zero-order valence-corrected chi connectivity index (χ0v) is 31.4. The maximum Gasteiger partial charge on any atom is 0.233 e. The van der Waals surface area contributed by atoms with Gasteiger partial charge in [-0.25, -0.2) is 0 Å². The summed E-state index contributed by atoms with van der Waals surface area (Å²) < 4.78 is 17.9. The molecule has 0 aromatic carbocycles. The minimum absolute atomic E-state index is 0.114. The molecule has 0 radical (unpaired) electrons. The van der Waals surface area contributed by atoms with Gasteiger partial charge in [0.05, 0.1) is 30.0 Å². The first-order valence-corrected chi connectivity index (χ1v) is 16.4. The highest BCUT2D eigenvalue weighted by molar-refractivity contribution is 6.04. The molecule has 0 aromatic heterocycles. The highest BCUT2D eigenvalue weighted by Crippen LogP contribution is 2.37. The van der Waals surface area contributed by atoms with Gasteiger partial charge in [-0.2, -0.15) is 0 Å². The van der Waals surface area contributed by atoms with Crippen LogP contribution in [0.2, 0.25) is 0 Å². The van der Waals surface area contributed by atoms with Crippen molar-refractivity contribution in [2.45, 2.75) is 178 Å². The highest BCUT2D eigenvalue weighted by Gasteiger charge is 2.48. The molecule has 1 fully saturated rings. The Kier molecular flexibility index (Phi) is 17.5. The molecule has 1 saturated heterocycles. The van der Waals surface area contributed by atoms with Gasteiger partial charge >= 0.3 is 0 Å². The predicted molar refractivity (Wildman–Crippen MR) is 178 cm³/mol. The van der Waals surface area contributed by atoms with Crippen molar-refractivity contribution in [3.05, 3.63) is 0 Å². The first-order valence-electron chi connectivity index (χ1n) is 16.4. The van der Waals surface area contributed by atoms with Crippen molar-refractivity contribution in [1.29, 1.82) is 0 Å². The molecule has 43 heavy (non-hydrogen) atoms. The van der Waals surface area contributed by atoms with Crippen LogP contribution < -0.4 is 5.32 Å². The van der Waals surface area contributed by atoms with Crippen LogP contribution in [0, 0.1) is 11.3 Å². The van der Waals surface area contributed by atoms with E-state index in [0.717, 1.165) is 12.8 Å². The van der Waals surface area contributed by atoms with Crippen LogP contribution in [0.5, 0.6) is 0 Å². The van der Waals surface area contributed by atoms with E-state index in [1.807, 2.05) is 96.9 Å². The average molecular weight is 615 g/mol. The minimum Gasteiger partial charge on any atom is -0.379 e. The Hall–Kier alpha value is -1.51. The molecule has 0 bridgehead atoms. The van der Waals surface area contributed by atoms with E-state index in [1.165, 1.54) is 4.90 Å². The summed E-state index contributed by atoms with van der Waals surface area (Å²) in [7, 11) is 1.71. The molecule has 1 unspecified atom stereocenters. The van der Waals surface area contributed by atoms with Crippen molar-refractivity contribution >= 4 is 17.7 Å². The largest absolute Gasteiger partial charge is 0.379 e. The van der Waals surface area contributed by atoms with Crippen molar-refractivity contribution in [2.24, 2.45) is 11.3 Å². The third-order valence-electron chi connectivity index (χ3n) is 7.73. The monoisotopic (exact) mass is 615 g/mol. The van der Waals surface area contributed by atoms with E-state index in [1.54, 1.807) is 14.0 Å². The van der Waals surface area contributed by atoms with Crippen LogP contribution in [0.1, 0.15) is 150 Å². The van der Waals surface area contributed by atoms with E-state index < -0.39 is 22.1 Å². The fraction of sp³-hybridized carbons (Fsp3) is 0.914. The molecule has 1 atom stereocenters. The van der Waals surface area contributed by atoms with Crippen LogP contribution in [0.15, 0.2) is 0 Å². The lowest BCUT2D eigenvalue weighted by molar-refractivity contribution is -0.149. The number of methoxy groups -OCH3 is 1. The van der Waals surface area contributed by atoms with Crippen LogP contribution in [0.3, 0.4) is 0 Å². The molecule has 1 N–H and O–H groups in total. The van der Waals surface area contributed by atoms with Gasteiger partial charge in [0.1, 0.15) is 0 Å². The summed E-state index contributed by atoms with van der Waals surface area (Å²) in [6.45, 7) is 34.7. The van der Waals surface area contributed by atoms with Crippen LogP contribution >= 0.6 is 0 Å². The van der Waals surface area contributed by atoms with Crippen molar-refractivity contribution in [1.82, 2.24) is 10.2 Å². The molecule has 0 spiro atoms. The summed E-state index contributed by atoms with van der Waals surface area (Å²) in [4.78, 5) is 40.0. The number of ether oxygens (including phenoxy) is 3. The number of hydrogen-bond donors (Lipinski definition) is 1. The smallest absolute Gasteiger partial charge is 0.233 e. The SMILES string of the molecule is CC.CC.COC(C)(C)CCOC(C)(C)CCOC(C)(C)CC(C)(C)NC(=O)C(C)(C)CC(C)(C)N1C(=O)CC(C)C1=O. The van der Waals surface area contributed by atoms with Crippen LogP contribution in [0.25, 0.3) is 0 Å². The second kappa shape index (κ2) is 17.3. The van der Waals surface area contributed by atoms with E-state index in [9.17, 15) is 14.4 Å². The molecule has 1 aliphatic rings. The number of rotatable bonds is 16. The summed E-state index contributed by atoms with van der Waals surface area (Å²) in [6.07, 6.45) is 2.75. The van der Waals surface area contributed by atoms with Gasteiger partial charge in [0, 0.05) is 35.9 Å². The Labute approximate surface area is 265 Å². The molecule has 8 nitrogen and oxygen atoms in total. The molecular weight excluding hydrogens is 544 g/mol. The van der Waals surface area contributed by atoms with Gasteiger partial charge in [0.15, 0.2) is 0 Å². The second-order valence-electron chi connectivity index (χ2n) is 15.2. The maximum absolute atomic E-state index is 13.5. The molecule has 256 valence electrons. The molecule has 3 amide bonds. The van der Waals surface area contributed by atoms with Crippen molar-refractivity contribution < 1.29 is 28.6 Å². The highest BCUT2D eigenvalue weighted by atomic mass is 16.5. The Balaban J connectivity index is 0. The van der Waals surface area contributed by atoms with Crippen LogP contribution in [-0.2, 0) is 28.6 Å². The topological polar surface area (TPSA) is 94.2 Å². The van der Waals surface area contributed by atoms with E-state index in [4.69, 9.17) is 14.2 Å².